The molecule has 0 heterocycles. The number of nitrogens with one attached hydrogen (secondary N) is 2. The smallest absolute Gasteiger partial charge is 0.260 e. The lowest BCUT2D eigenvalue weighted by Gasteiger charge is -2.26. The molecule has 2 aliphatic carbocycles. The summed E-state index contributed by atoms with van der Waals surface area (Å²) in [4.78, 5) is 12.0. The fraction of sp³-hybridized carbons (Fsp3) is 0.588. The Hall–Kier alpha value is -1.55. The summed E-state index contributed by atoms with van der Waals surface area (Å²) in [6.45, 7) is 1.81. The zero-order valence-electron chi connectivity index (χ0n) is 12.8. The molecule has 0 spiro atoms. The van der Waals surface area contributed by atoms with Gasteiger partial charge in [-0.2, -0.15) is 0 Å². The molecule has 2 aliphatic rings. The van der Waals surface area contributed by atoms with Crippen LogP contribution in [0, 0.1) is 0 Å². The van der Waals surface area contributed by atoms with Gasteiger partial charge in [0.15, 0.2) is 6.10 Å². The van der Waals surface area contributed by atoms with Crippen molar-refractivity contribution in [2.45, 2.75) is 57.2 Å². The summed E-state index contributed by atoms with van der Waals surface area (Å²) in [5.74, 6) is 0.773. The zero-order valence-corrected chi connectivity index (χ0v) is 12.8. The lowest BCUT2D eigenvalue weighted by atomic mass is 9.87. The van der Waals surface area contributed by atoms with Crippen molar-refractivity contribution in [3.63, 3.8) is 0 Å². The molecule has 2 N–H and O–H groups in total. The van der Waals surface area contributed by atoms with Crippen LogP contribution in [-0.4, -0.2) is 25.1 Å². The number of hydrogen-bond donors (Lipinski definition) is 2. The highest BCUT2D eigenvalue weighted by Gasteiger charge is 2.26. The first-order valence-electron chi connectivity index (χ1n) is 7.94. The second-order valence-electron chi connectivity index (χ2n) is 6.14. The van der Waals surface area contributed by atoms with Gasteiger partial charge < -0.3 is 15.4 Å². The third kappa shape index (κ3) is 3.38. The molecule has 3 rings (SSSR count). The average Bonchev–Trinajstić information content (AvgIpc) is 3.30. The second-order valence-corrected chi connectivity index (χ2v) is 6.14. The third-order valence-corrected chi connectivity index (χ3v) is 4.39. The Bertz CT molecular complexity index is 526. The Labute approximate surface area is 126 Å². The van der Waals surface area contributed by atoms with E-state index in [2.05, 4.69) is 22.8 Å². The van der Waals surface area contributed by atoms with Gasteiger partial charge in [0.05, 0.1) is 0 Å². The fourth-order valence-corrected chi connectivity index (χ4v) is 2.95. The van der Waals surface area contributed by atoms with Gasteiger partial charge in [0.25, 0.3) is 5.91 Å². The third-order valence-electron chi connectivity index (χ3n) is 4.39. The van der Waals surface area contributed by atoms with Crippen molar-refractivity contribution in [2.24, 2.45) is 0 Å². The highest BCUT2D eigenvalue weighted by atomic mass is 16.5. The van der Waals surface area contributed by atoms with E-state index in [1.54, 1.807) is 0 Å². The van der Waals surface area contributed by atoms with Crippen LogP contribution in [0.1, 0.15) is 49.8 Å². The summed E-state index contributed by atoms with van der Waals surface area (Å²) < 4.78 is 5.82. The Morgan fingerprint density at radius 1 is 1.33 bits per heavy atom. The molecule has 1 fully saturated rings. The molecular formula is C17H24N2O2. The van der Waals surface area contributed by atoms with Gasteiger partial charge in [-0.25, -0.2) is 0 Å². The summed E-state index contributed by atoms with van der Waals surface area (Å²) in [5, 5.41) is 6.34. The molecule has 21 heavy (non-hydrogen) atoms. The molecule has 4 nitrogen and oxygen atoms in total. The first-order valence-corrected chi connectivity index (χ1v) is 7.94. The second kappa shape index (κ2) is 6.06. The van der Waals surface area contributed by atoms with Crippen LogP contribution >= 0.6 is 0 Å². The Morgan fingerprint density at radius 2 is 2.14 bits per heavy atom. The number of carbonyl (C=O) groups is 1. The van der Waals surface area contributed by atoms with Crippen LogP contribution in [0.3, 0.4) is 0 Å². The number of carbonyl (C=O) groups excluding carboxylic acids is 1. The van der Waals surface area contributed by atoms with E-state index >= 15 is 0 Å². The van der Waals surface area contributed by atoms with Crippen molar-refractivity contribution >= 4 is 5.91 Å². The molecule has 0 bridgehead atoms. The summed E-state index contributed by atoms with van der Waals surface area (Å²) in [7, 11) is 2.00. The predicted molar refractivity (Wildman–Crippen MR) is 82.4 cm³/mol. The zero-order chi connectivity index (χ0) is 14.8. The predicted octanol–water partition coefficient (Wildman–Crippen LogP) is 2.33. The topological polar surface area (TPSA) is 50.4 Å². The SMILES string of the molecule is CNC1CCCc2ccc(OC(C)C(=O)NC3CC3)cc21. The number of ether oxygens (including phenoxy) is 1. The minimum absolute atomic E-state index is 0.0135. The number of rotatable bonds is 5. The molecule has 4 heteroatoms. The molecule has 1 aromatic carbocycles. The minimum Gasteiger partial charge on any atom is -0.481 e. The van der Waals surface area contributed by atoms with Crippen molar-refractivity contribution in [3.8, 4) is 5.75 Å². The minimum atomic E-state index is -0.444. The number of benzene rings is 1. The summed E-state index contributed by atoms with van der Waals surface area (Å²) in [6.07, 6.45) is 5.26. The number of amides is 1. The van der Waals surface area contributed by atoms with Crippen LogP contribution in [0.2, 0.25) is 0 Å². The van der Waals surface area contributed by atoms with E-state index in [1.807, 2.05) is 20.0 Å². The summed E-state index contributed by atoms with van der Waals surface area (Å²) >= 11 is 0. The van der Waals surface area contributed by atoms with E-state index in [4.69, 9.17) is 4.74 Å². The van der Waals surface area contributed by atoms with E-state index in [0.717, 1.165) is 31.4 Å². The van der Waals surface area contributed by atoms with Crippen LogP contribution in [0.25, 0.3) is 0 Å². The maximum Gasteiger partial charge on any atom is 0.260 e. The molecule has 1 saturated carbocycles. The highest BCUT2D eigenvalue weighted by Crippen LogP contribution is 2.32. The van der Waals surface area contributed by atoms with Gasteiger partial charge in [0, 0.05) is 12.1 Å². The maximum atomic E-state index is 12.0. The van der Waals surface area contributed by atoms with Gasteiger partial charge in [-0.3, -0.25) is 4.79 Å². The molecule has 0 aromatic heterocycles. The van der Waals surface area contributed by atoms with E-state index in [9.17, 15) is 4.79 Å². The fourth-order valence-electron chi connectivity index (χ4n) is 2.95. The molecule has 0 saturated heterocycles. The normalized spacial score (nSPS) is 22.3. The van der Waals surface area contributed by atoms with Crippen molar-refractivity contribution in [3.05, 3.63) is 29.3 Å². The summed E-state index contributed by atoms with van der Waals surface area (Å²) in [5.41, 5.74) is 2.71. The first kappa shape index (κ1) is 14.4. The quantitative estimate of drug-likeness (QED) is 0.874. The van der Waals surface area contributed by atoms with Gasteiger partial charge in [-0.05, 0) is 69.3 Å². The largest absolute Gasteiger partial charge is 0.481 e. The lowest BCUT2D eigenvalue weighted by molar-refractivity contribution is -0.127. The Kier molecular flexibility index (Phi) is 4.15. The Morgan fingerprint density at radius 3 is 2.86 bits per heavy atom. The molecule has 0 aliphatic heterocycles. The van der Waals surface area contributed by atoms with Gasteiger partial charge in [-0.15, -0.1) is 0 Å². The van der Waals surface area contributed by atoms with Crippen molar-refractivity contribution < 1.29 is 9.53 Å². The van der Waals surface area contributed by atoms with E-state index in [1.165, 1.54) is 17.5 Å². The van der Waals surface area contributed by atoms with Crippen LogP contribution in [0.4, 0.5) is 0 Å². The van der Waals surface area contributed by atoms with Crippen LogP contribution in [0.15, 0.2) is 18.2 Å². The van der Waals surface area contributed by atoms with Gasteiger partial charge in [-0.1, -0.05) is 6.07 Å². The number of fused-ring (bicyclic) bond motifs is 1. The summed E-state index contributed by atoms with van der Waals surface area (Å²) in [6, 6.07) is 6.99. The van der Waals surface area contributed by atoms with Crippen LogP contribution in [-0.2, 0) is 11.2 Å². The molecule has 2 unspecified atom stereocenters. The maximum absolute atomic E-state index is 12.0. The average molecular weight is 288 g/mol. The highest BCUT2D eigenvalue weighted by molar-refractivity contribution is 5.81. The van der Waals surface area contributed by atoms with E-state index in [0.29, 0.717) is 12.1 Å². The monoisotopic (exact) mass is 288 g/mol. The van der Waals surface area contributed by atoms with Crippen LogP contribution < -0.4 is 15.4 Å². The van der Waals surface area contributed by atoms with Crippen molar-refractivity contribution in [1.82, 2.24) is 10.6 Å². The van der Waals surface area contributed by atoms with Crippen LogP contribution in [0.5, 0.6) is 5.75 Å². The van der Waals surface area contributed by atoms with Crippen molar-refractivity contribution in [2.75, 3.05) is 7.05 Å². The lowest BCUT2D eigenvalue weighted by Crippen LogP contribution is -2.37. The first-order chi connectivity index (χ1) is 10.2. The molecule has 1 aromatic rings. The van der Waals surface area contributed by atoms with Gasteiger partial charge in [0.1, 0.15) is 5.75 Å². The molecular weight excluding hydrogens is 264 g/mol. The molecule has 2 atom stereocenters. The molecule has 1 amide bonds. The molecule has 0 radical (unpaired) electrons. The van der Waals surface area contributed by atoms with Gasteiger partial charge >= 0.3 is 0 Å². The standard InChI is InChI=1S/C17H24N2O2/c1-11(17(20)19-13-7-8-13)21-14-9-6-12-4-3-5-16(18-2)15(12)10-14/h6,9-11,13,16,18H,3-5,7-8H2,1-2H3,(H,19,20). The number of hydrogen-bond acceptors (Lipinski definition) is 3. The number of aryl methyl sites for hydroxylation is 1. The Balaban J connectivity index is 1.69. The van der Waals surface area contributed by atoms with Gasteiger partial charge in [0.2, 0.25) is 0 Å². The van der Waals surface area contributed by atoms with Crippen molar-refractivity contribution in [1.29, 1.82) is 0 Å². The van der Waals surface area contributed by atoms with E-state index in [-0.39, 0.29) is 5.91 Å². The molecule has 114 valence electrons. The van der Waals surface area contributed by atoms with E-state index < -0.39 is 6.10 Å².